The van der Waals surface area contributed by atoms with Crippen LogP contribution in [0.15, 0.2) is 16.7 Å². The molecule has 2 heterocycles. The van der Waals surface area contributed by atoms with Gasteiger partial charge in [-0.2, -0.15) is 0 Å². The van der Waals surface area contributed by atoms with Gasteiger partial charge in [-0.3, -0.25) is 9.80 Å². The molecule has 0 spiro atoms. The summed E-state index contributed by atoms with van der Waals surface area (Å²) >= 11 is 0. The zero-order valence-electron chi connectivity index (χ0n) is 11.6. The lowest BCUT2D eigenvalue weighted by molar-refractivity contribution is 0.0917. The summed E-state index contributed by atoms with van der Waals surface area (Å²) < 4.78 is 5.52. The first-order chi connectivity index (χ1) is 8.74. The highest BCUT2D eigenvalue weighted by Gasteiger charge is 2.21. The average Bonchev–Trinajstić information content (AvgIpc) is 2.86. The van der Waals surface area contributed by atoms with E-state index in [-0.39, 0.29) is 0 Å². The highest BCUT2D eigenvalue weighted by atomic mass is 16.3. The minimum absolute atomic E-state index is 0.568. The van der Waals surface area contributed by atoms with Gasteiger partial charge in [-0.25, -0.2) is 0 Å². The van der Waals surface area contributed by atoms with Gasteiger partial charge in [-0.1, -0.05) is 6.92 Å². The fourth-order valence-corrected chi connectivity index (χ4v) is 2.51. The molecule has 1 saturated heterocycles. The van der Waals surface area contributed by atoms with Gasteiger partial charge in [0.05, 0.1) is 12.8 Å². The van der Waals surface area contributed by atoms with Crippen LogP contribution < -0.4 is 5.73 Å². The lowest BCUT2D eigenvalue weighted by Crippen LogP contribution is -2.49. The van der Waals surface area contributed by atoms with Crippen LogP contribution in [0.5, 0.6) is 0 Å². The van der Waals surface area contributed by atoms with E-state index in [0.717, 1.165) is 44.0 Å². The maximum Gasteiger partial charge on any atom is 0.122 e. The normalized spacial score (nSPS) is 20.2. The number of nitrogens with two attached hydrogens (primary N) is 1. The van der Waals surface area contributed by atoms with Crippen molar-refractivity contribution < 1.29 is 4.42 Å². The summed E-state index contributed by atoms with van der Waals surface area (Å²) in [5.74, 6) is 1.04. The van der Waals surface area contributed by atoms with Crippen LogP contribution in [0.25, 0.3) is 0 Å². The number of rotatable bonds is 5. The van der Waals surface area contributed by atoms with Crippen molar-refractivity contribution >= 4 is 0 Å². The molecule has 1 unspecified atom stereocenters. The number of nitrogens with zero attached hydrogens (tertiary/aromatic N) is 2. The molecule has 0 saturated carbocycles. The van der Waals surface area contributed by atoms with Crippen molar-refractivity contribution in [1.29, 1.82) is 0 Å². The Morgan fingerprint density at radius 1 is 1.33 bits per heavy atom. The van der Waals surface area contributed by atoms with Gasteiger partial charge in [0.25, 0.3) is 0 Å². The second-order valence-electron chi connectivity index (χ2n) is 5.14. The third-order valence-electron chi connectivity index (χ3n) is 4.05. The third-order valence-corrected chi connectivity index (χ3v) is 4.05. The van der Waals surface area contributed by atoms with E-state index in [1.165, 1.54) is 6.42 Å². The van der Waals surface area contributed by atoms with E-state index >= 15 is 0 Å². The molecule has 102 valence electrons. The molecule has 1 aromatic rings. The molecule has 2 N–H and O–H groups in total. The highest BCUT2D eigenvalue weighted by molar-refractivity contribution is 5.16. The number of hydrogen-bond acceptors (Lipinski definition) is 4. The first-order valence-corrected chi connectivity index (χ1v) is 6.96. The van der Waals surface area contributed by atoms with Crippen molar-refractivity contribution in [1.82, 2.24) is 9.80 Å². The van der Waals surface area contributed by atoms with Crippen molar-refractivity contribution in [2.24, 2.45) is 5.73 Å². The molecular weight excluding hydrogens is 226 g/mol. The van der Waals surface area contributed by atoms with Crippen molar-refractivity contribution in [2.75, 3.05) is 26.2 Å². The molecule has 1 aromatic heterocycles. The summed E-state index contributed by atoms with van der Waals surface area (Å²) in [5, 5.41) is 0. The maximum atomic E-state index is 5.69. The Morgan fingerprint density at radius 3 is 2.67 bits per heavy atom. The van der Waals surface area contributed by atoms with Crippen LogP contribution in [-0.4, -0.2) is 42.0 Å². The summed E-state index contributed by atoms with van der Waals surface area (Å²) in [4.78, 5) is 5.03. The predicted octanol–water partition coefficient (Wildman–Crippen LogP) is 1.65. The fraction of sp³-hybridized carbons (Fsp3) is 0.714. The van der Waals surface area contributed by atoms with Crippen LogP contribution >= 0.6 is 0 Å². The van der Waals surface area contributed by atoms with E-state index < -0.39 is 0 Å². The lowest BCUT2D eigenvalue weighted by atomic mass is 10.2. The molecule has 4 heteroatoms. The second kappa shape index (κ2) is 6.36. The number of piperazine rings is 1. The quantitative estimate of drug-likeness (QED) is 0.864. The first kappa shape index (κ1) is 13.6. The summed E-state index contributed by atoms with van der Waals surface area (Å²) in [6.07, 6.45) is 2.97. The molecular formula is C14H25N3O. The standard InChI is InChI=1S/C14H25N3O/c1-3-12(2)17-7-5-16(6-8-17)11-14-13(10-15)4-9-18-14/h4,9,12H,3,5-8,10-11,15H2,1-2H3. The zero-order valence-corrected chi connectivity index (χ0v) is 11.6. The zero-order chi connectivity index (χ0) is 13.0. The number of hydrogen-bond donors (Lipinski definition) is 1. The predicted molar refractivity (Wildman–Crippen MR) is 73.2 cm³/mol. The molecule has 1 fully saturated rings. The van der Waals surface area contributed by atoms with Crippen molar-refractivity contribution in [3.05, 3.63) is 23.7 Å². The van der Waals surface area contributed by atoms with Crippen LogP contribution in [0, 0.1) is 0 Å². The SMILES string of the molecule is CCC(C)N1CCN(Cc2occc2CN)CC1. The molecule has 0 bridgehead atoms. The number of furan rings is 1. The molecule has 0 aliphatic carbocycles. The van der Waals surface area contributed by atoms with Gasteiger partial charge < -0.3 is 10.2 Å². The minimum Gasteiger partial charge on any atom is -0.468 e. The van der Waals surface area contributed by atoms with Crippen LogP contribution in [-0.2, 0) is 13.1 Å². The molecule has 1 atom stereocenters. The summed E-state index contributed by atoms with van der Waals surface area (Å²) in [6, 6.07) is 2.68. The Balaban J connectivity index is 1.83. The Hall–Kier alpha value is -0.840. The third kappa shape index (κ3) is 3.13. The smallest absolute Gasteiger partial charge is 0.122 e. The second-order valence-corrected chi connectivity index (χ2v) is 5.14. The van der Waals surface area contributed by atoms with Crippen molar-refractivity contribution in [3.8, 4) is 0 Å². The molecule has 0 amide bonds. The Morgan fingerprint density at radius 2 is 2.06 bits per heavy atom. The molecule has 2 rings (SSSR count). The van der Waals surface area contributed by atoms with E-state index in [9.17, 15) is 0 Å². The Bertz CT molecular complexity index is 356. The van der Waals surface area contributed by atoms with Crippen LogP contribution in [0.1, 0.15) is 31.6 Å². The Labute approximate surface area is 110 Å². The summed E-state index contributed by atoms with van der Waals surface area (Å²) in [6.45, 7) is 10.6. The maximum absolute atomic E-state index is 5.69. The van der Waals surface area contributed by atoms with Gasteiger partial charge in [0.15, 0.2) is 0 Å². The van der Waals surface area contributed by atoms with E-state index in [4.69, 9.17) is 10.2 Å². The molecule has 18 heavy (non-hydrogen) atoms. The minimum atomic E-state index is 0.568. The average molecular weight is 251 g/mol. The molecule has 1 aliphatic heterocycles. The first-order valence-electron chi connectivity index (χ1n) is 6.96. The van der Waals surface area contributed by atoms with Crippen molar-refractivity contribution in [3.63, 3.8) is 0 Å². The molecule has 1 aliphatic rings. The summed E-state index contributed by atoms with van der Waals surface area (Å²) in [7, 11) is 0. The van der Waals surface area contributed by atoms with Gasteiger partial charge in [0, 0.05) is 44.3 Å². The van der Waals surface area contributed by atoms with Gasteiger partial charge >= 0.3 is 0 Å². The topological polar surface area (TPSA) is 45.6 Å². The van der Waals surface area contributed by atoms with Gasteiger partial charge in [-0.15, -0.1) is 0 Å². The summed E-state index contributed by atoms with van der Waals surface area (Å²) in [5.41, 5.74) is 6.83. The van der Waals surface area contributed by atoms with Crippen LogP contribution in [0.3, 0.4) is 0 Å². The van der Waals surface area contributed by atoms with Crippen LogP contribution in [0.4, 0.5) is 0 Å². The fourth-order valence-electron chi connectivity index (χ4n) is 2.51. The van der Waals surface area contributed by atoms with Gasteiger partial charge in [-0.05, 0) is 19.4 Å². The molecule has 4 nitrogen and oxygen atoms in total. The molecule has 0 radical (unpaired) electrons. The largest absolute Gasteiger partial charge is 0.468 e. The molecule has 0 aromatic carbocycles. The van der Waals surface area contributed by atoms with E-state index in [0.29, 0.717) is 12.6 Å². The lowest BCUT2D eigenvalue weighted by Gasteiger charge is -2.37. The van der Waals surface area contributed by atoms with Gasteiger partial charge in [0.2, 0.25) is 0 Å². The van der Waals surface area contributed by atoms with E-state index in [1.54, 1.807) is 6.26 Å². The van der Waals surface area contributed by atoms with Crippen molar-refractivity contribution in [2.45, 2.75) is 39.4 Å². The Kier molecular flexibility index (Phi) is 4.80. The van der Waals surface area contributed by atoms with Gasteiger partial charge in [0.1, 0.15) is 5.76 Å². The van der Waals surface area contributed by atoms with E-state index in [2.05, 4.69) is 23.6 Å². The van der Waals surface area contributed by atoms with E-state index in [1.807, 2.05) is 6.07 Å². The van der Waals surface area contributed by atoms with Crippen LogP contribution in [0.2, 0.25) is 0 Å². The monoisotopic (exact) mass is 251 g/mol. The highest BCUT2D eigenvalue weighted by Crippen LogP contribution is 2.15.